The van der Waals surface area contributed by atoms with E-state index in [9.17, 15) is 4.79 Å². The van der Waals surface area contributed by atoms with E-state index < -0.39 is 0 Å². The first-order chi connectivity index (χ1) is 13.2. The van der Waals surface area contributed by atoms with Crippen molar-refractivity contribution in [2.45, 2.75) is 0 Å². The molecule has 3 aromatic rings. The first kappa shape index (κ1) is 18.8. The Labute approximate surface area is 162 Å². The number of hydrogen-bond acceptors (Lipinski definition) is 5. The Kier molecular flexibility index (Phi) is 6.33. The number of amides is 1. The molecular formula is C20H19ClN2O4. The van der Waals surface area contributed by atoms with Gasteiger partial charge in [0.25, 0.3) is 5.91 Å². The number of methoxy groups -OCH3 is 1. The van der Waals surface area contributed by atoms with Gasteiger partial charge in [-0.15, -0.1) is 0 Å². The molecule has 2 aromatic carbocycles. The van der Waals surface area contributed by atoms with Crippen molar-refractivity contribution in [1.29, 1.82) is 0 Å². The van der Waals surface area contributed by atoms with E-state index in [1.807, 2.05) is 24.3 Å². The van der Waals surface area contributed by atoms with Crippen LogP contribution in [0.3, 0.4) is 0 Å². The number of hydrogen-bond donors (Lipinski definition) is 1. The maximum absolute atomic E-state index is 12.0. The molecule has 0 unspecified atom stereocenters. The lowest BCUT2D eigenvalue weighted by molar-refractivity contribution is -0.123. The molecule has 6 nitrogen and oxygen atoms in total. The Morgan fingerprint density at radius 1 is 1.11 bits per heavy atom. The summed E-state index contributed by atoms with van der Waals surface area (Å²) in [6.07, 6.45) is 1.65. The topological polar surface area (TPSA) is 69.7 Å². The van der Waals surface area contributed by atoms with Gasteiger partial charge in [-0.1, -0.05) is 17.7 Å². The predicted molar refractivity (Wildman–Crippen MR) is 104 cm³/mol. The Morgan fingerprint density at radius 2 is 1.96 bits per heavy atom. The lowest BCUT2D eigenvalue weighted by Gasteiger charge is -2.11. The van der Waals surface area contributed by atoms with Crippen molar-refractivity contribution in [2.75, 3.05) is 26.9 Å². The molecule has 0 aliphatic heterocycles. The Balaban J connectivity index is 1.46. The number of pyridine rings is 1. The van der Waals surface area contributed by atoms with E-state index in [4.69, 9.17) is 25.8 Å². The van der Waals surface area contributed by atoms with Crippen LogP contribution in [-0.4, -0.2) is 37.8 Å². The average molecular weight is 387 g/mol. The van der Waals surface area contributed by atoms with Gasteiger partial charge in [0, 0.05) is 17.6 Å². The normalized spacial score (nSPS) is 10.4. The standard InChI is InChI=1S/C20H19ClN2O4/c1-25-14-4-2-5-15(12-14)26-11-10-22-19(24)13-27-18-8-7-17(21)16-6-3-9-23-20(16)18/h2-9,12H,10-11,13H2,1H3,(H,22,24). The molecular weight excluding hydrogens is 368 g/mol. The van der Waals surface area contributed by atoms with Crippen molar-refractivity contribution in [3.05, 3.63) is 59.8 Å². The summed E-state index contributed by atoms with van der Waals surface area (Å²) in [5, 5.41) is 4.11. The van der Waals surface area contributed by atoms with Crippen LogP contribution in [0.4, 0.5) is 0 Å². The molecule has 7 heteroatoms. The van der Waals surface area contributed by atoms with Gasteiger partial charge in [-0.2, -0.15) is 0 Å². The fourth-order valence-electron chi connectivity index (χ4n) is 2.47. The highest BCUT2D eigenvalue weighted by molar-refractivity contribution is 6.35. The number of carbonyl (C=O) groups excluding carboxylic acids is 1. The summed E-state index contributed by atoms with van der Waals surface area (Å²) < 4.78 is 16.3. The third-order valence-corrected chi connectivity index (χ3v) is 4.10. The highest BCUT2D eigenvalue weighted by atomic mass is 35.5. The minimum absolute atomic E-state index is 0.119. The molecule has 1 amide bonds. The fourth-order valence-corrected chi connectivity index (χ4v) is 2.69. The van der Waals surface area contributed by atoms with Crippen LogP contribution in [0.15, 0.2) is 54.7 Å². The molecule has 1 heterocycles. The first-order valence-corrected chi connectivity index (χ1v) is 8.75. The molecule has 0 spiro atoms. The van der Waals surface area contributed by atoms with Crippen LogP contribution in [0.5, 0.6) is 17.2 Å². The minimum Gasteiger partial charge on any atom is -0.497 e. The summed E-state index contributed by atoms with van der Waals surface area (Å²) in [6.45, 7) is 0.579. The van der Waals surface area contributed by atoms with Gasteiger partial charge in [0.2, 0.25) is 0 Å². The zero-order chi connectivity index (χ0) is 19.1. The summed E-state index contributed by atoms with van der Waals surface area (Å²) in [7, 11) is 1.60. The SMILES string of the molecule is COc1cccc(OCCNC(=O)COc2ccc(Cl)c3cccnc23)c1. The average Bonchev–Trinajstić information content (AvgIpc) is 2.71. The van der Waals surface area contributed by atoms with Gasteiger partial charge in [0.15, 0.2) is 6.61 Å². The number of carbonyl (C=O) groups is 1. The maximum Gasteiger partial charge on any atom is 0.258 e. The van der Waals surface area contributed by atoms with Crippen LogP contribution in [-0.2, 0) is 4.79 Å². The molecule has 0 saturated carbocycles. The predicted octanol–water partition coefficient (Wildman–Crippen LogP) is 3.47. The first-order valence-electron chi connectivity index (χ1n) is 8.37. The van der Waals surface area contributed by atoms with Crippen LogP contribution >= 0.6 is 11.6 Å². The number of benzene rings is 2. The lowest BCUT2D eigenvalue weighted by atomic mass is 10.2. The Morgan fingerprint density at radius 3 is 2.81 bits per heavy atom. The summed E-state index contributed by atoms with van der Waals surface area (Å²) in [5.74, 6) is 1.66. The van der Waals surface area contributed by atoms with Crippen molar-refractivity contribution in [2.24, 2.45) is 0 Å². The zero-order valence-corrected chi connectivity index (χ0v) is 15.5. The lowest BCUT2D eigenvalue weighted by Crippen LogP contribution is -2.32. The maximum atomic E-state index is 12.0. The Bertz CT molecular complexity index is 933. The van der Waals surface area contributed by atoms with E-state index in [1.165, 1.54) is 0 Å². The van der Waals surface area contributed by atoms with E-state index in [2.05, 4.69) is 10.3 Å². The zero-order valence-electron chi connectivity index (χ0n) is 14.8. The molecule has 1 N–H and O–H groups in total. The third-order valence-electron chi connectivity index (χ3n) is 3.77. The number of fused-ring (bicyclic) bond motifs is 1. The second-order valence-electron chi connectivity index (χ2n) is 5.61. The van der Waals surface area contributed by atoms with Crippen molar-refractivity contribution < 1.29 is 19.0 Å². The summed E-state index contributed by atoms with van der Waals surface area (Å²) in [4.78, 5) is 16.2. The van der Waals surface area contributed by atoms with Crippen molar-refractivity contribution >= 4 is 28.4 Å². The fraction of sp³-hybridized carbons (Fsp3) is 0.200. The number of halogens is 1. The molecule has 0 aliphatic carbocycles. The molecule has 140 valence electrons. The summed E-state index contributed by atoms with van der Waals surface area (Å²) >= 11 is 6.15. The van der Waals surface area contributed by atoms with Gasteiger partial charge in [-0.3, -0.25) is 9.78 Å². The van der Waals surface area contributed by atoms with Crippen LogP contribution in [0.25, 0.3) is 10.9 Å². The molecule has 3 rings (SSSR count). The van der Waals surface area contributed by atoms with Crippen molar-refractivity contribution in [3.63, 3.8) is 0 Å². The van der Waals surface area contributed by atoms with E-state index in [0.717, 1.165) is 5.39 Å². The number of ether oxygens (including phenoxy) is 3. The highest BCUT2D eigenvalue weighted by Gasteiger charge is 2.09. The molecule has 0 aliphatic rings. The summed E-state index contributed by atoms with van der Waals surface area (Å²) in [6, 6.07) is 14.4. The number of aromatic nitrogens is 1. The van der Waals surface area contributed by atoms with E-state index in [-0.39, 0.29) is 12.5 Å². The van der Waals surface area contributed by atoms with Crippen LogP contribution in [0, 0.1) is 0 Å². The Hall–Kier alpha value is -2.99. The van der Waals surface area contributed by atoms with Gasteiger partial charge in [0.1, 0.15) is 29.4 Å². The molecule has 0 radical (unpaired) electrons. The molecule has 1 aromatic heterocycles. The number of nitrogens with one attached hydrogen (secondary N) is 1. The van der Waals surface area contributed by atoms with E-state index in [0.29, 0.717) is 40.9 Å². The van der Waals surface area contributed by atoms with Gasteiger partial charge < -0.3 is 19.5 Å². The van der Waals surface area contributed by atoms with Gasteiger partial charge in [-0.25, -0.2) is 0 Å². The van der Waals surface area contributed by atoms with Gasteiger partial charge in [0.05, 0.1) is 18.7 Å². The van der Waals surface area contributed by atoms with Gasteiger partial charge in [-0.05, 0) is 36.4 Å². The minimum atomic E-state index is -0.247. The smallest absolute Gasteiger partial charge is 0.258 e. The largest absolute Gasteiger partial charge is 0.497 e. The van der Waals surface area contributed by atoms with Gasteiger partial charge >= 0.3 is 0 Å². The molecule has 0 bridgehead atoms. The van der Waals surface area contributed by atoms with Crippen LogP contribution in [0.2, 0.25) is 5.02 Å². The molecule has 0 saturated heterocycles. The van der Waals surface area contributed by atoms with E-state index in [1.54, 1.807) is 37.6 Å². The summed E-state index contributed by atoms with van der Waals surface area (Å²) in [5.41, 5.74) is 0.624. The van der Waals surface area contributed by atoms with E-state index >= 15 is 0 Å². The van der Waals surface area contributed by atoms with Crippen LogP contribution in [0.1, 0.15) is 0 Å². The number of rotatable bonds is 8. The van der Waals surface area contributed by atoms with Crippen LogP contribution < -0.4 is 19.5 Å². The van der Waals surface area contributed by atoms with Crippen molar-refractivity contribution in [3.8, 4) is 17.2 Å². The monoisotopic (exact) mass is 386 g/mol. The highest BCUT2D eigenvalue weighted by Crippen LogP contribution is 2.29. The third kappa shape index (κ3) is 5.01. The second kappa shape index (κ2) is 9.09. The molecule has 0 fully saturated rings. The molecule has 27 heavy (non-hydrogen) atoms. The molecule has 0 atom stereocenters. The second-order valence-corrected chi connectivity index (χ2v) is 6.02. The number of nitrogens with zero attached hydrogens (tertiary/aromatic N) is 1. The van der Waals surface area contributed by atoms with Crippen molar-refractivity contribution in [1.82, 2.24) is 10.3 Å². The quantitative estimate of drug-likeness (QED) is 0.600.